The van der Waals surface area contributed by atoms with Gasteiger partial charge in [-0.3, -0.25) is 4.79 Å². The average molecular weight is 167 g/mol. The number of aromatic nitrogens is 2. The lowest BCUT2D eigenvalue weighted by Crippen LogP contribution is -2.26. The molecule has 1 atom stereocenters. The molecule has 0 spiro atoms. The standard InChI is InChI=1S/C7H9N3O2/c1-5(6(11)12)10-7-8-3-2-4-9-7/h2-5H,1H3,(H,11,12)(H,8,9,10)/t5-/m1/s1. The van der Waals surface area contributed by atoms with E-state index in [9.17, 15) is 4.79 Å². The van der Waals surface area contributed by atoms with Crippen LogP contribution in [0.5, 0.6) is 0 Å². The lowest BCUT2D eigenvalue weighted by Gasteiger charge is -2.07. The molecule has 1 rings (SSSR count). The zero-order valence-electron chi connectivity index (χ0n) is 6.56. The van der Waals surface area contributed by atoms with E-state index in [0.29, 0.717) is 5.95 Å². The summed E-state index contributed by atoms with van der Waals surface area (Å²) in [5, 5.41) is 11.1. The third kappa shape index (κ3) is 2.19. The van der Waals surface area contributed by atoms with Gasteiger partial charge in [0.05, 0.1) is 0 Å². The highest BCUT2D eigenvalue weighted by Crippen LogP contribution is 1.97. The molecule has 5 heteroatoms. The molecule has 1 aromatic heterocycles. The predicted octanol–water partition coefficient (Wildman–Crippen LogP) is 0.362. The van der Waals surface area contributed by atoms with Crippen molar-refractivity contribution in [3.63, 3.8) is 0 Å². The van der Waals surface area contributed by atoms with E-state index in [2.05, 4.69) is 15.3 Å². The second kappa shape index (κ2) is 3.66. The molecule has 0 amide bonds. The van der Waals surface area contributed by atoms with Crippen LogP contribution in [0.15, 0.2) is 18.5 Å². The summed E-state index contributed by atoms with van der Waals surface area (Å²) < 4.78 is 0. The van der Waals surface area contributed by atoms with Gasteiger partial charge in [0, 0.05) is 12.4 Å². The largest absolute Gasteiger partial charge is 0.480 e. The van der Waals surface area contributed by atoms with Gasteiger partial charge in [-0.25, -0.2) is 9.97 Å². The number of nitrogens with one attached hydrogen (secondary N) is 1. The van der Waals surface area contributed by atoms with Crippen LogP contribution in [0, 0.1) is 0 Å². The topological polar surface area (TPSA) is 75.1 Å². The van der Waals surface area contributed by atoms with Gasteiger partial charge in [0.2, 0.25) is 5.95 Å². The lowest BCUT2D eigenvalue weighted by molar-refractivity contribution is -0.137. The van der Waals surface area contributed by atoms with Crippen LogP contribution in [-0.4, -0.2) is 27.1 Å². The molecule has 0 saturated carbocycles. The molecule has 0 bridgehead atoms. The van der Waals surface area contributed by atoms with Gasteiger partial charge in [-0.2, -0.15) is 0 Å². The Kier molecular flexibility index (Phi) is 2.57. The van der Waals surface area contributed by atoms with Crippen molar-refractivity contribution in [2.24, 2.45) is 0 Å². The Balaban J connectivity index is 2.58. The number of anilines is 1. The molecule has 0 aliphatic carbocycles. The summed E-state index contributed by atoms with van der Waals surface area (Å²) in [5.41, 5.74) is 0. The van der Waals surface area contributed by atoms with Crippen LogP contribution in [0.4, 0.5) is 5.95 Å². The molecule has 64 valence electrons. The molecule has 0 aromatic carbocycles. The summed E-state index contributed by atoms with van der Waals surface area (Å²) >= 11 is 0. The Hall–Kier alpha value is -1.65. The smallest absolute Gasteiger partial charge is 0.325 e. The highest BCUT2D eigenvalue weighted by Gasteiger charge is 2.10. The van der Waals surface area contributed by atoms with Gasteiger partial charge in [-0.1, -0.05) is 0 Å². The van der Waals surface area contributed by atoms with Crippen LogP contribution < -0.4 is 5.32 Å². The highest BCUT2D eigenvalue weighted by atomic mass is 16.4. The Bertz CT molecular complexity index is 263. The molecular weight excluding hydrogens is 158 g/mol. The maximum atomic E-state index is 10.4. The summed E-state index contributed by atoms with van der Waals surface area (Å²) in [6, 6.07) is 0.990. The first-order chi connectivity index (χ1) is 5.70. The highest BCUT2D eigenvalue weighted by molar-refractivity contribution is 5.75. The summed E-state index contributed by atoms with van der Waals surface area (Å²) in [4.78, 5) is 18.0. The quantitative estimate of drug-likeness (QED) is 0.679. The summed E-state index contributed by atoms with van der Waals surface area (Å²) in [6.07, 6.45) is 3.09. The van der Waals surface area contributed by atoms with Crippen LogP contribution in [0.2, 0.25) is 0 Å². The zero-order chi connectivity index (χ0) is 8.97. The van der Waals surface area contributed by atoms with E-state index in [1.54, 1.807) is 18.5 Å². The van der Waals surface area contributed by atoms with Crippen molar-refractivity contribution < 1.29 is 9.90 Å². The van der Waals surface area contributed by atoms with Gasteiger partial charge in [-0.15, -0.1) is 0 Å². The minimum absolute atomic E-state index is 0.326. The molecule has 12 heavy (non-hydrogen) atoms. The van der Waals surface area contributed by atoms with E-state index in [1.165, 1.54) is 6.92 Å². The van der Waals surface area contributed by atoms with E-state index >= 15 is 0 Å². The van der Waals surface area contributed by atoms with E-state index in [1.807, 2.05) is 0 Å². The second-order valence-corrected chi connectivity index (χ2v) is 2.28. The van der Waals surface area contributed by atoms with Gasteiger partial charge >= 0.3 is 5.97 Å². The van der Waals surface area contributed by atoms with Gasteiger partial charge in [-0.05, 0) is 13.0 Å². The Morgan fingerprint density at radius 3 is 2.67 bits per heavy atom. The Morgan fingerprint density at radius 2 is 2.17 bits per heavy atom. The van der Waals surface area contributed by atoms with Crippen molar-refractivity contribution in [2.45, 2.75) is 13.0 Å². The average Bonchev–Trinajstić information content (AvgIpc) is 2.06. The first-order valence-electron chi connectivity index (χ1n) is 3.46. The number of carbonyl (C=O) groups is 1. The number of rotatable bonds is 3. The summed E-state index contributed by atoms with van der Waals surface area (Å²) in [6.45, 7) is 1.53. The summed E-state index contributed by atoms with van der Waals surface area (Å²) in [7, 11) is 0. The van der Waals surface area contributed by atoms with Gasteiger partial charge in [0.1, 0.15) is 6.04 Å². The molecule has 5 nitrogen and oxygen atoms in total. The van der Waals surface area contributed by atoms with E-state index in [-0.39, 0.29) is 0 Å². The number of hydrogen-bond acceptors (Lipinski definition) is 4. The number of nitrogens with zero attached hydrogens (tertiary/aromatic N) is 2. The van der Waals surface area contributed by atoms with Crippen LogP contribution in [0.1, 0.15) is 6.92 Å². The van der Waals surface area contributed by atoms with Crippen LogP contribution in [0.3, 0.4) is 0 Å². The number of aliphatic carboxylic acids is 1. The molecule has 0 aliphatic heterocycles. The molecule has 0 saturated heterocycles. The second-order valence-electron chi connectivity index (χ2n) is 2.28. The molecule has 0 fully saturated rings. The van der Waals surface area contributed by atoms with E-state index in [4.69, 9.17) is 5.11 Å². The third-order valence-corrected chi connectivity index (χ3v) is 1.28. The first kappa shape index (κ1) is 8.45. The number of carboxylic acids is 1. The minimum Gasteiger partial charge on any atom is -0.480 e. The maximum Gasteiger partial charge on any atom is 0.325 e. The zero-order valence-corrected chi connectivity index (χ0v) is 6.56. The monoisotopic (exact) mass is 167 g/mol. The molecule has 0 unspecified atom stereocenters. The van der Waals surface area contributed by atoms with Gasteiger partial charge in [0.15, 0.2) is 0 Å². The van der Waals surface area contributed by atoms with Crippen molar-refractivity contribution in [2.75, 3.05) is 5.32 Å². The van der Waals surface area contributed by atoms with Crippen molar-refractivity contribution >= 4 is 11.9 Å². The molecule has 1 heterocycles. The van der Waals surface area contributed by atoms with E-state index < -0.39 is 12.0 Å². The Morgan fingerprint density at radius 1 is 1.58 bits per heavy atom. The van der Waals surface area contributed by atoms with Crippen LogP contribution >= 0.6 is 0 Å². The Labute approximate surface area is 69.5 Å². The number of hydrogen-bond donors (Lipinski definition) is 2. The first-order valence-corrected chi connectivity index (χ1v) is 3.46. The van der Waals surface area contributed by atoms with Gasteiger partial charge < -0.3 is 10.4 Å². The molecule has 2 N–H and O–H groups in total. The molecule has 0 aliphatic rings. The molecular formula is C7H9N3O2. The predicted molar refractivity (Wildman–Crippen MR) is 42.8 cm³/mol. The fourth-order valence-electron chi connectivity index (χ4n) is 0.629. The van der Waals surface area contributed by atoms with Crippen molar-refractivity contribution in [1.82, 2.24) is 9.97 Å². The lowest BCUT2D eigenvalue weighted by atomic mass is 10.3. The van der Waals surface area contributed by atoms with Crippen molar-refractivity contribution in [3.05, 3.63) is 18.5 Å². The minimum atomic E-state index is -0.928. The SMILES string of the molecule is C[C@@H](Nc1ncccn1)C(=O)O. The molecule has 0 radical (unpaired) electrons. The number of carboxylic acid groups (broad SMARTS) is 1. The maximum absolute atomic E-state index is 10.4. The fraction of sp³-hybridized carbons (Fsp3) is 0.286. The van der Waals surface area contributed by atoms with Crippen LogP contribution in [0.25, 0.3) is 0 Å². The molecule has 1 aromatic rings. The van der Waals surface area contributed by atoms with Crippen LogP contribution in [-0.2, 0) is 4.79 Å². The van der Waals surface area contributed by atoms with Crippen molar-refractivity contribution in [1.29, 1.82) is 0 Å². The fourth-order valence-corrected chi connectivity index (χ4v) is 0.629. The summed E-state index contributed by atoms with van der Waals surface area (Å²) in [5.74, 6) is -0.602. The normalized spacial score (nSPS) is 12.1. The van der Waals surface area contributed by atoms with Crippen molar-refractivity contribution in [3.8, 4) is 0 Å². The van der Waals surface area contributed by atoms with E-state index in [0.717, 1.165) is 0 Å². The van der Waals surface area contributed by atoms with Gasteiger partial charge in [0.25, 0.3) is 0 Å². The third-order valence-electron chi connectivity index (χ3n) is 1.28.